The van der Waals surface area contributed by atoms with Gasteiger partial charge < -0.3 is 14.3 Å². The average Bonchev–Trinajstić information content (AvgIpc) is 3.24. The van der Waals surface area contributed by atoms with Gasteiger partial charge in [0.15, 0.2) is 0 Å². The molecule has 0 fully saturated rings. The molecule has 0 atom stereocenters. The van der Waals surface area contributed by atoms with Gasteiger partial charge in [0.2, 0.25) is 0 Å². The third-order valence-corrected chi connectivity index (χ3v) is 5.02. The number of benzene rings is 1. The number of halogens is 1. The molecule has 8 nitrogen and oxygen atoms in total. The summed E-state index contributed by atoms with van der Waals surface area (Å²) >= 11 is 0. The van der Waals surface area contributed by atoms with E-state index in [-0.39, 0.29) is 28.9 Å². The molecule has 9 heteroatoms. The van der Waals surface area contributed by atoms with E-state index in [0.717, 1.165) is 11.1 Å². The molecule has 4 rings (SSSR count). The van der Waals surface area contributed by atoms with E-state index < -0.39 is 5.82 Å². The Morgan fingerprint density at radius 3 is 2.66 bits per heavy atom. The highest BCUT2D eigenvalue weighted by Crippen LogP contribution is 2.28. The minimum atomic E-state index is -0.444. The minimum absolute atomic E-state index is 0.00761. The van der Waals surface area contributed by atoms with Gasteiger partial charge in [0.25, 0.3) is 17.3 Å². The maximum atomic E-state index is 14.6. The molecule has 1 aromatic carbocycles. The van der Waals surface area contributed by atoms with Crippen LogP contribution in [0, 0.1) is 12.7 Å². The van der Waals surface area contributed by atoms with Crippen molar-refractivity contribution in [3.05, 3.63) is 70.2 Å². The zero-order valence-electron chi connectivity index (χ0n) is 18.3. The lowest BCUT2D eigenvalue weighted by molar-refractivity contribution is 0.567. The van der Waals surface area contributed by atoms with Crippen molar-refractivity contribution < 1.29 is 8.81 Å². The van der Waals surface area contributed by atoms with Crippen LogP contribution in [-0.2, 0) is 6.54 Å². The smallest absolute Gasteiger partial charge is 0.268 e. The third kappa shape index (κ3) is 4.19. The highest BCUT2D eigenvalue weighted by molar-refractivity contribution is 5.63. The highest BCUT2D eigenvalue weighted by atomic mass is 19.1. The topological polar surface area (TPSA) is 98.7 Å². The Bertz CT molecular complexity index is 1330. The molecule has 0 aliphatic heterocycles. The number of hydrogen-bond acceptors (Lipinski definition) is 7. The van der Waals surface area contributed by atoms with Crippen molar-refractivity contribution in [3.8, 4) is 34.3 Å². The second-order valence-electron chi connectivity index (χ2n) is 7.70. The zero-order valence-corrected chi connectivity index (χ0v) is 18.3. The second-order valence-corrected chi connectivity index (χ2v) is 7.70. The summed E-state index contributed by atoms with van der Waals surface area (Å²) in [6.07, 6.45) is 3.37. The predicted octanol–water partition coefficient (Wildman–Crippen LogP) is 3.77. The van der Waals surface area contributed by atoms with E-state index >= 15 is 0 Å². The molecule has 0 saturated heterocycles. The number of hydrogen-bond donors (Lipinski definition) is 1. The van der Waals surface area contributed by atoms with E-state index in [0.29, 0.717) is 23.6 Å². The van der Waals surface area contributed by atoms with Crippen LogP contribution in [0.5, 0.6) is 0 Å². The first-order chi connectivity index (χ1) is 15.4. The fourth-order valence-corrected chi connectivity index (χ4v) is 3.32. The van der Waals surface area contributed by atoms with Gasteiger partial charge in [-0.1, -0.05) is 6.07 Å². The normalized spacial score (nSPS) is 11.3. The molecule has 0 amide bonds. The molecule has 3 aromatic heterocycles. The first-order valence-corrected chi connectivity index (χ1v) is 10.2. The SMILES string of the molecule is CNCc1ccc(-c2nnc(-c3nc(-c4ccc(=O)n(C(C)C)c4)cnc3C)o2)c(F)c1. The van der Waals surface area contributed by atoms with Crippen molar-refractivity contribution in [2.24, 2.45) is 0 Å². The number of aromatic nitrogens is 5. The van der Waals surface area contributed by atoms with Crippen molar-refractivity contribution in [3.63, 3.8) is 0 Å². The fourth-order valence-electron chi connectivity index (χ4n) is 3.32. The molecule has 0 unspecified atom stereocenters. The van der Waals surface area contributed by atoms with Gasteiger partial charge in [-0.2, -0.15) is 0 Å². The summed E-state index contributed by atoms with van der Waals surface area (Å²) in [4.78, 5) is 21.1. The van der Waals surface area contributed by atoms with Crippen molar-refractivity contribution >= 4 is 0 Å². The minimum Gasteiger partial charge on any atom is -0.414 e. The Kier molecular flexibility index (Phi) is 5.91. The molecule has 0 radical (unpaired) electrons. The van der Waals surface area contributed by atoms with Crippen molar-refractivity contribution in [1.29, 1.82) is 0 Å². The Morgan fingerprint density at radius 1 is 1.16 bits per heavy atom. The van der Waals surface area contributed by atoms with Crippen LogP contribution in [0.3, 0.4) is 0 Å². The highest BCUT2D eigenvalue weighted by Gasteiger charge is 2.18. The standard InChI is InChI=1S/C23H23FN6O2/c1-13(2)30-12-16(6-8-20(30)31)19-11-26-14(3)21(27-19)23-29-28-22(32-23)17-7-5-15(10-25-4)9-18(17)24/h5-9,11-13,25H,10H2,1-4H3. The van der Waals surface area contributed by atoms with E-state index in [9.17, 15) is 9.18 Å². The lowest BCUT2D eigenvalue weighted by atomic mass is 10.1. The average molecular weight is 434 g/mol. The van der Waals surface area contributed by atoms with Crippen molar-refractivity contribution in [1.82, 2.24) is 30.0 Å². The van der Waals surface area contributed by atoms with Crippen LogP contribution in [0.15, 0.2) is 51.9 Å². The lowest BCUT2D eigenvalue weighted by Gasteiger charge is -2.11. The van der Waals surface area contributed by atoms with Gasteiger partial charge in [-0.25, -0.2) is 9.37 Å². The van der Waals surface area contributed by atoms with Gasteiger partial charge in [0.05, 0.1) is 23.1 Å². The molecule has 32 heavy (non-hydrogen) atoms. The first-order valence-electron chi connectivity index (χ1n) is 10.2. The number of nitrogens with zero attached hydrogens (tertiary/aromatic N) is 5. The van der Waals surface area contributed by atoms with E-state index in [1.54, 1.807) is 49.1 Å². The monoisotopic (exact) mass is 434 g/mol. The Labute approximate surface area is 184 Å². The summed E-state index contributed by atoms with van der Waals surface area (Å²) in [6, 6.07) is 8.06. The van der Waals surface area contributed by atoms with Crippen LogP contribution >= 0.6 is 0 Å². The molecule has 0 saturated carbocycles. The van der Waals surface area contributed by atoms with E-state index in [2.05, 4.69) is 25.5 Å². The largest absolute Gasteiger partial charge is 0.414 e. The Hall–Kier alpha value is -3.72. The van der Waals surface area contributed by atoms with Crippen LogP contribution < -0.4 is 10.9 Å². The van der Waals surface area contributed by atoms with Gasteiger partial charge in [0, 0.05) is 30.4 Å². The van der Waals surface area contributed by atoms with Gasteiger partial charge in [-0.05, 0) is 51.6 Å². The molecule has 4 aromatic rings. The molecular formula is C23H23FN6O2. The third-order valence-electron chi connectivity index (χ3n) is 5.02. The van der Waals surface area contributed by atoms with Crippen LogP contribution in [-0.4, -0.2) is 31.8 Å². The number of nitrogens with one attached hydrogen (secondary N) is 1. The summed E-state index contributed by atoms with van der Waals surface area (Å²) < 4.78 is 21.9. The Morgan fingerprint density at radius 2 is 1.94 bits per heavy atom. The van der Waals surface area contributed by atoms with Crippen LogP contribution in [0.4, 0.5) is 4.39 Å². The van der Waals surface area contributed by atoms with Crippen LogP contribution in [0.2, 0.25) is 0 Å². The number of aryl methyl sites for hydroxylation is 1. The molecule has 0 spiro atoms. The summed E-state index contributed by atoms with van der Waals surface area (Å²) in [5.41, 5.74) is 3.22. The molecule has 164 valence electrons. The lowest BCUT2D eigenvalue weighted by Crippen LogP contribution is -2.20. The van der Waals surface area contributed by atoms with Gasteiger partial charge >= 0.3 is 0 Å². The molecule has 0 aliphatic rings. The maximum Gasteiger partial charge on any atom is 0.268 e. The zero-order chi connectivity index (χ0) is 22.8. The first kappa shape index (κ1) is 21.5. The van der Waals surface area contributed by atoms with Crippen molar-refractivity contribution in [2.75, 3.05) is 7.05 Å². The quantitative estimate of drug-likeness (QED) is 0.493. The Balaban J connectivity index is 1.71. The number of rotatable bonds is 6. The molecule has 0 bridgehead atoms. The number of pyridine rings is 1. The van der Waals surface area contributed by atoms with Crippen LogP contribution in [0.1, 0.15) is 31.1 Å². The van der Waals surface area contributed by atoms with E-state index in [1.165, 1.54) is 12.1 Å². The predicted molar refractivity (Wildman–Crippen MR) is 118 cm³/mol. The maximum absolute atomic E-state index is 14.6. The molecule has 0 aliphatic carbocycles. The summed E-state index contributed by atoms with van der Waals surface area (Å²) in [5, 5.41) is 11.1. The summed E-state index contributed by atoms with van der Waals surface area (Å²) in [6.45, 7) is 6.19. The van der Waals surface area contributed by atoms with E-state index in [1.807, 2.05) is 13.8 Å². The van der Waals surface area contributed by atoms with E-state index in [4.69, 9.17) is 4.42 Å². The molecule has 1 N–H and O–H groups in total. The molecule has 3 heterocycles. The fraction of sp³-hybridized carbons (Fsp3) is 0.261. The second kappa shape index (κ2) is 8.80. The summed E-state index contributed by atoms with van der Waals surface area (Å²) in [7, 11) is 1.80. The van der Waals surface area contributed by atoms with Gasteiger partial charge in [-0.15, -0.1) is 10.2 Å². The van der Waals surface area contributed by atoms with Crippen LogP contribution in [0.25, 0.3) is 34.3 Å². The molecular weight excluding hydrogens is 411 g/mol. The van der Waals surface area contributed by atoms with Gasteiger partial charge in [0.1, 0.15) is 11.5 Å². The van der Waals surface area contributed by atoms with Gasteiger partial charge in [-0.3, -0.25) is 9.78 Å². The summed E-state index contributed by atoms with van der Waals surface area (Å²) in [5.74, 6) is -0.239. The van der Waals surface area contributed by atoms with Crippen molar-refractivity contribution in [2.45, 2.75) is 33.4 Å².